The zero-order chi connectivity index (χ0) is 9.84. The van der Waals surface area contributed by atoms with Crippen molar-refractivity contribution in [3.63, 3.8) is 0 Å². The summed E-state index contributed by atoms with van der Waals surface area (Å²) in [5.41, 5.74) is 1.03. The summed E-state index contributed by atoms with van der Waals surface area (Å²) in [4.78, 5) is 5.86. The van der Waals surface area contributed by atoms with Crippen molar-refractivity contribution in [2.75, 3.05) is 14.1 Å². The van der Waals surface area contributed by atoms with Gasteiger partial charge in [-0.05, 0) is 25.7 Å². The lowest BCUT2D eigenvalue weighted by molar-refractivity contribution is 0.401. The van der Waals surface area contributed by atoms with Crippen molar-refractivity contribution in [2.45, 2.75) is 11.6 Å². The molecular weight excluding hydrogens is 188 g/mol. The molecule has 1 aromatic heterocycles. The van der Waals surface area contributed by atoms with Gasteiger partial charge in [-0.3, -0.25) is 0 Å². The van der Waals surface area contributed by atoms with Crippen molar-refractivity contribution in [2.24, 2.45) is 0 Å². The first kappa shape index (κ1) is 10.3. The van der Waals surface area contributed by atoms with Crippen molar-refractivity contribution in [1.29, 1.82) is 0 Å². The number of nitrogens with zero attached hydrogens (tertiary/aromatic N) is 2. The quantitative estimate of drug-likeness (QED) is 0.731. The molecule has 0 saturated carbocycles. The molecule has 1 heterocycles. The zero-order valence-corrected chi connectivity index (χ0v) is 8.41. The second kappa shape index (κ2) is 4.45. The highest BCUT2D eigenvalue weighted by Gasteiger charge is 2.01. The molecule has 0 aliphatic heterocycles. The molecule has 72 valence electrons. The SMILES string of the molecule is CN(C)Cc1ccc(S(=O)O)nc1. The highest BCUT2D eigenvalue weighted by atomic mass is 32.2. The first-order valence-corrected chi connectivity index (χ1v) is 4.91. The van der Waals surface area contributed by atoms with E-state index in [1.807, 2.05) is 19.0 Å². The summed E-state index contributed by atoms with van der Waals surface area (Å²) in [6.45, 7) is 0.783. The molecule has 0 bridgehead atoms. The van der Waals surface area contributed by atoms with Crippen molar-refractivity contribution >= 4 is 11.1 Å². The maximum atomic E-state index is 10.6. The first-order valence-electron chi connectivity index (χ1n) is 3.80. The molecule has 0 amide bonds. The van der Waals surface area contributed by atoms with Crippen molar-refractivity contribution in [1.82, 2.24) is 9.88 Å². The molecule has 1 aromatic rings. The van der Waals surface area contributed by atoms with E-state index in [1.54, 1.807) is 18.3 Å². The van der Waals surface area contributed by atoms with Crippen LogP contribution in [0.2, 0.25) is 0 Å². The summed E-state index contributed by atoms with van der Waals surface area (Å²) < 4.78 is 19.3. The highest BCUT2D eigenvalue weighted by molar-refractivity contribution is 7.79. The minimum absolute atomic E-state index is 0.197. The lowest BCUT2D eigenvalue weighted by atomic mass is 10.3. The smallest absolute Gasteiger partial charge is 0.205 e. The molecule has 1 atom stereocenters. The standard InChI is InChI=1S/C8H12N2O2S/c1-10(2)6-7-3-4-8(9-5-7)13(11)12/h3-5H,6H2,1-2H3,(H,11,12). The van der Waals surface area contributed by atoms with Crippen LogP contribution in [0.1, 0.15) is 5.56 Å². The molecular formula is C8H12N2O2S. The topological polar surface area (TPSA) is 53.4 Å². The number of hydrogen-bond acceptors (Lipinski definition) is 3. The van der Waals surface area contributed by atoms with Gasteiger partial charge in [0.05, 0.1) is 0 Å². The summed E-state index contributed by atoms with van der Waals surface area (Å²) in [6, 6.07) is 3.37. The molecule has 0 fully saturated rings. The van der Waals surface area contributed by atoms with Gasteiger partial charge in [-0.1, -0.05) is 6.07 Å². The Morgan fingerprint density at radius 1 is 1.54 bits per heavy atom. The van der Waals surface area contributed by atoms with Crippen LogP contribution in [0, 0.1) is 0 Å². The fourth-order valence-electron chi connectivity index (χ4n) is 0.973. The van der Waals surface area contributed by atoms with Gasteiger partial charge in [0.25, 0.3) is 0 Å². The molecule has 0 saturated heterocycles. The Kier molecular flexibility index (Phi) is 3.53. The predicted octanol–water partition coefficient (Wildman–Crippen LogP) is 0.724. The molecule has 4 nitrogen and oxygen atoms in total. The average molecular weight is 200 g/mol. The van der Waals surface area contributed by atoms with E-state index in [0.29, 0.717) is 0 Å². The predicted molar refractivity (Wildman–Crippen MR) is 50.7 cm³/mol. The van der Waals surface area contributed by atoms with Crippen LogP contribution < -0.4 is 0 Å². The van der Waals surface area contributed by atoms with Gasteiger partial charge >= 0.3 is 0 Å². The second-order valence-electron chi connectivity index (χ2n) is 2.99. The van der Waals surface area contributed by atoms with Gasteiger partial charge in [-0.25, -0.2) is 9.19 Å². The van der Waals surface area contributed by atoms with Crippen molar-refractivity contribution in [3.05, 3.63) is 23.9 Å². The molecule has 1 N–H and O–H groups in total. The normalized spacial score (nSPS) is 13.2. The Balaban J connectivity index is 2.75. The minimum Gasteiger partial charge on any atom is -0.305 e. The van der Waals surface area contributed by atoms with Crippen molar-refractivity contribution < 1.29 is 8.76 Å². The maximum Gasteiger partial charge on any atom is 0.205 e. The zero-order valence-electron chi connectivity index (χ0n) is 7.60. The number of aromatic nitrogens is 1. The van der Waals surface area contributed by atoms with E-state index in [0.717, 1.165) is 12.1 Å². The van der Waals surface area contributed by atoms with Crippen LogP contribution in [0.3, 0.4) is 0 Å². The van der Waals surface area contributed by atoms with E-state index in [9.17, 15) is 4.21 Å². The number of pyridine rings is 1. The summed E-state index contributed by atoms with van der Waals surface area (Å²) in [5.74, 6) is 0. The van der Waals surface area contributed by atoms with E-state index in [4.69, 9.17) is 4.55 Å². The lowest BCUT2D eigenvalue weighted by Crippen LogP contribution is -2.10. The van der Waals surface area contributed by atoms with Crippen LogP contribution in [0.4, 0.5) is 0 Å². The summed E-state index contributed by atoms with van der Waals surface area (Å²) in [7, 11) is 3.91. The van der Waals surface area contributed by atoms with Gasteiger partial charge < -0.3 is 9.45 Å². The Hall–Kier alpha value is -0.780. The average Bonchev–Trinajstić information content (AvgIpc) is 2.04. The lowest BCUT2D eigenvalue weighted by Gasteiger charge is -2.08. The van der Waals surface area contributed by atoms with Gasteiger partial charge in [0, 0.05) is 12.7 Å². The Morgan fingerprint density at radius 3 is 2.62 bits per heavy atom. The largest absolute Gasteiger partial charge is 0.305 e. The monoisotopic (exact) mass is 200 g/mol. The van der Waals surface area contributed by atoms with Crippen LogP contribution in [0.25, 0.3) is 0 Å². The third-order valence-corrected chi connectivity index (χ3v) is 2.07. The Bertz CT molecular complexity index is 298. The molecule has 0 aliphatic rings. The summed E-state index contributed by atoms with van der Waals surface area (Å²) in [5, 5.41) is 0.197. The first-order chi connectivity index (χ1) is 6.09. The molecule has 1 unspecified atom stereocenters. The Morgan fingerprint density at radius 2 is 2.23 bits per heavy atom. The fraction of sp³-hybridized carbons (Fsp3) is 0.375. The molecule has 13 heavy (non-hydrogen) atoms. The summed E-state index contributed by atoms with van der Waals surface area (Å²) >= 11 is -1.97. The van der Waals surface area contributed by atoms with Crippen LogP contribution in [-0.2, 0) is 17.6 Å². The molecule has 5 heteroatoms. The van der Waals surface area contributed by atoms with Gasteiger partial charge in [-0.2, -0.15) is 0 Å². The van der Waals surface area contributed by atoms with Crippen LogP contribution in [-0.4, -0.2) is 32.7 Å². The molecule has 0 aliphatic carbocycles. The van der Waals surface area contributed by atoms with E-state index in [1.165, 1.54) is 0 Å². The third kappa shape index (κ3) is 3.22. The van der Waals surface area contributed by atoms with Crippen LogP contribution >= 0.6 is 0 Å². The van der Waals surface area contributed by atoms with Crippen LogP contribution in [0.5, 0.6) is 0 Å². The number of hydrogen-bond donors (Lipinski definition) is 1. The minimum atomic E-state index is -1.97. The number of rotatable bonds is 3. The van der Waals surface area contributed by atoms with Crippen LogP contribution in [0.15, 0.2) is 23.4 Å². The van der Waals surface area contributed by atoms with E-state index in [2.05, 4.69) is 4.98 Å². The molecule has 0 aromatic carbocycles. The van der Waals surface area contributed by atoms with Gasteiger partial charge in [0.15, 0.2) is 5.03 Å². The Labute approximate surface area is 79.9 Å². The highest BCUT2D eigenvalue weighted by Crippen LogP contribution is 2.04. The van der Waals surface area contributed by atoms with Gasteiger partial charge in [0.1, 0.15) is 0 Å². The van der Waals surface area contributed by atoms with E-state index >= 15 is 0 Å². The maximum absolute atomic E-state index is 10.6. The molecule has 0 radical (unpaired) electrons. The molecule has 1 rings (SSSR count). The van der Waals surface area contributed by atoms with E-state index < -0.39 is 11.1 Å². The second-order valence-corrected chi connectivity index (χ2v) is 3.91. The van der Waals surface area contributed by atoms with E-state index in [-0.39, 0.29) is 5.03 Å². The third-order valence-electron chi connectivity index (χ3n) is 1.48. The summed E-state index contributed by atoms with van der Waals surface area (Å²) in [6.07, 6.45) is 1.61. The molecule has 0 spiro atoms. The fourth-order valence-corrected chi connectivity index (χ4v) is 1.30. The van der Waals surface area contributed by atoms with Gasteiger partial charge in [-0.15, -0.1) is 0 Å². The van der Waals surface area contributed by atoms with Gasteiger partial charge in [0.2, 0.25) is 11.1 Å². The van der Waals surface area contributed by atoms with Crippen molar-refractivity contribution in [3.8, 4) is 0 Å².